The lowest BCUT2D eigenvalue weighted by Gasteiger charge is -2.18. The summed E-state index contributed by atoms with van der Waals surface area (Å²) in [5.74, 6) is -0.0438. The van der Waals surface area contributed by atoms with Gasteiger partial charge in [-0.2, -0.15) is 0 Å². The van der Waals surface area contributed by atoms with Crippen molar-refractivity contribution in [3.8, 4) is 0 Å². The van der Waals surface area contributed by atoms with Crippen LogP contribution in [0.4, 0.5) is 5.69 Å². The third-order valence-electron chi connectivity index (χ3n) is 4.83. The number of para-hydroxylation sites is 1. The highest BCUT2D eigenvalue weighted by Gasteiger charge is 2.13. The Kier molecular flexibility index (Phi) is 8.90. The predicted octanol–water partition coefficient (Wildman–Crippen LogP) is 3.53. The first-order valence-corrected chi connectivity index (χ1v) is 9.80. The Morgan fingerprint density at radius 1 is 1.14 bits per heavy atom. The van der Waals surface area contributed by atoms with Gasteiger partial charge in [0.25, 0.3) is 5.91 Å². The molecule has 5 nitrogen and oxygen atoms in total. The highest BCUT2D eigenvalue weighted by Crippen LogP contribution is 2.23. The molecule has 0 saturated carbocycles. The molecule has 1 heterocycles. The van der Waals surface area contributed by atoms with Gasteiger partial charge in [0.2, 0.25) is 0 Å². The van der Waals surface area contributed by atoms with Crippen molar-refractivity contribution in [1.29, 1.82) is 0 Å². The standard InChI is InChI=1S/C23H28N4O.ClH/c1-27-17-16-25-21(20-6-2-3-7-22(20)27)13-10-18-8-11-19(12-9-18)23(28)26-15-5-4-14-24;/h2-3,6-13H,4-5,14-17,24H2,1H3,(H,26,28);1H/b13-10+;. The van der Waals surface area contributed by atoms with Crippen molar-refractivity contribution in [2.45, 2.75) is 12.8 Å². The molecule has 6 heteroatoms. The number of nitrogens with one attached hydrogen (secondary N) is 1. The molecule has 0 atom stereocenters. The van der Waals surface area contributed by atoms with Gasteiger partial charge in [0, 0.05) is 37.0 Å². The fraction of sp³-hybridized carbons (Fsp3) is 0.304. The smallest absolute Gasteiger partial charge is 0.251 e. The molecule has 29 heavy (non-hydrogen) atoms. The topological polar surface area (TPSA) is 70.7 Å². The van der Waals surface area contributed by atoms with Crippen LogP contribution in [-0.2, 0) is 0 Å². The van der Waals surface area contributed by atoms with Crippen LogP contribution in [0.2, 0.25) is 0 Å². The second kappa shape index (κ2) is 11.4. The molecule has 0 spiro atoms. The molecule has 0 unspecified atom stereocenters. The second-order valence-corrected chi connectivity index (χ2v) is 6.91. The maximum atomic E-state index is 12.1. The number of fused-ring (bicyclic) bond motifs is 1. The first-order chi connectivity index (χ1) is 13.7. The van der Waals surface area contributed by atoms with Crippen molar-refractivity contribution in [3.63, 3.8) is 0 Å². The van der Waals surface area contributed by atoms with Gasteiger partial charge in [0.15, 0.2) is 0 Å². The summed E-state index contributed by atoms with van der Waals surface area (Å²) in [6, 6.07) is 16.0. The van der Waals surface area contributed by atoms with Crippen molar-refractivity contribution in [3.05, 3.63) is 71.3 Å². The van der Waals surface area contributed by atoms with Gasteiger partial charge in [0.05, 0.1) is 12.3 Å². The molecule has 2 aromatic rings. The van der Waals surface area contributed by atoms with E-state index in [4.69, 9.17) is 10.7 Å². The lowest BCUT2D eigenvalue weighted by Crippen LogP contribution is -2.24. The van der Waals surface area contributed by atoms with E-state index in [1.54, 1.807) is 0 Å². The van der Waals surface area contributed by atoms with Crippen LogP contribution in [0, 0.1) is 0 Å². The van der Waals surface area contributed by atoms with Gasteiger partial charge in [-0.1, -0.05) is 36.4 Å². The molecular formula is C23H29ClN4O. The third kappa shape index (κ3) is 6.17. The third-order valence-corrected chi connectivity index (χ3v) is 4.83. The van der Waals surface area contributed by atoms with E-state index in [-0.39, 0.29) is 18.3 Å². The number of aliphatic imine (C=N–C) groups is 1. The summed E-state index contributed by atoms with van der Waals surface area (Å²) < 4.78 is 0. The Morgan fingerprint density at radius 2 is 1.90 bits per heavy atom. The summed E-state index contributed by atoms with van der Waals surface area (Å²) in [6.07, 6.45) is 5.93. The molecule has 0 bridgehead atoms. The Bertz CT molecular complexity index is 861. The molecule has 3 rings (SSSR count). The van der Waals surface area contributed by atoms with Gasteiger partial charge < -0.3 is 16.0 Å². The van der Waals surface area contributed by atoms with E-state index < -0.39 is 0 Å². The quantitative estimate of drug-likeness (QED) is 0.683. The Hall–Kier alpha value is -2.63. The fourth-order valence-electron chi connectivity index (χ4n) is 3.19. The Labute approximate surface area is 179 Å². The molecular weight excluding hydrogens is 384 g/mol. The SMILES string of the molecule is CN1CCN=C(/C=C/c2ccc(C(=O)NCCCCN)cc2)c2ccccc21.Cl. The van der Waals surface area contributed by atoms with Crippen molar-refractivity contribution in [1.82, 2.24) is 5.32 Å². The Balaban J connectivity index is 0.00000300. The molecule has 2 aromatic carbocycles. The summed E-state index contributed by atoms with van der Waals surface area (Å²) in [7, 11) is 2.10. The van der Waals surface area contributed by atoms with Crippen molar-refractivity contribution >= 4 is 35.8 Å². The van der Waals surface area contributed by atoms with Gasteiger partial charge in [-0.05, 0) is 49.2 Å². The monoisotopic (exact) mass is 412 g/mol. The number of halogens is 1. The number of hydrogen-bond acceptors (Lipinski definition) is 4. The largest absolute Gasteiger partial charge is 0.372 e. The van der Waals surface area contributed by atoms with E-state index >= 15 is 0 Å². The minimum atomic E-state index is -0.0438. The molecule has 0 aromatic heterocycles. The lowest BCUT2D eigenvalue weighted by atomic mass is 10.0. The fourth-order valence-corrected chi connectivity index (χ4v) is 3.19. The first-order valence-electron chi connectivity index (χ1n) is 9.80. The summed E-state index contributed by atoms with van der Waals surface area (Å²) >= 11 is 0. The number of benzodiazepines with no additional fused rings is 1. The molecule has 154 valence electrons. The second-order valence-electron chi connectivity index (χ2n) is 6.91. The van der Waals surface area contributed by atoms with Crippen LogP contribution in [0.1, 0.15) is 34.3 Å². The number of nitrogens with two attached hydrogens (primary N) is 1. The van der Waals surface area contributed by atoms with Crippen LogP contribution < -0.4 is 16.0 Å². The number of carbonyl (C=O) groups excluding carboxylic acids is 1. The summed E-state index contributed by atoms with van der Waals surface area (Å²) in [6.45, 7) is 2.99. The number of benzene rings is 2. The molecule has 0 fully saturated rings. The number of anilines is 1. The minimum Gasteiger partial charge on any atom is -0.372 e. The van der Waals surface area contributed by atoms with Gasteiger partial charge in [-0.25, -0.2) is 0 Å². The highest BCUT2D eigenvalue weighted by atomic mass is 35.5. The number of unbranched alkanes of at least 4 members (excludes halogenated alkanes) is 1. The summed E-state index contributed by atoms with van der Waals surface area (Å²) in [5, 5.41) is 2.92. The van der Waals surface area contributed by atoms with E-state index in [0.29, 0.717) is 18.7 Å². The summed E-state index contributed by atoms with van der Waals surface area (Å²) in [5.41, 5.74) is 10.5. The van der Waals surface area contributed by atoms with Crippen molar-refractivity contribution in [2.24, 2.45) is 10.7 Å². The molecule has 0 saturated heterocycles. The molecule has 3 N–H and O–H groups in total. The van der Waals surface area contributed by atoms with E-state index in [0.717, 1.165) is 42.8 Å². The normalized spacial score (nSPS) is 13.3. The molecule has 1 aliphatic heterocycles. The number of carbonyl (C=O) groups is 1. The van der Waals surface area contributed by atoms with Gasteiger partial charge in [-0.15, -0.1) is 12.4 Å². The van der Waals surface area contributed by atoms with Crippen LogP contribution in [0.3, 0.4) is 0 Å². The zero-order valence-corrected chi connectivity index (χ0v) is 17.6. The van der Waals surface area contributed by atoms with Crippen molar-refractivity contribution in [2.75, 3.05) is 38.1 Å². The van der Waals surface area contributed by atoms with Crippen molar-refractivity contribution < 1.29 is 4.79 Å². The van der Waals surface area contributed by atoms with Crippen LogP contribution in [0.15, 0.2) is 59.6 Å². The van der Waals surface area contributed by atoms with Gasteiger partial charge in [-0.3, -0.25) is 9.79 Å². The lowest BCUT2D eigenvalue weighted by molar-refractivity contribution is 0.0953. The zero-order chi connectivity index (χ0) is 19.8. The number of nitrogens with zero attached hydrogens (tertiary/aromatic N) is 2. The van der Waals surface area contributed by atoms with Crippen LogP contribution >= 0.6 is 12.4 Å². The number of likely N-dealkylation sites (N-methyl/N-ethyl adjacent to an activating group) is 1. The van der Waals surface area contributed by atoms with Gasteiger partial charge >= 0.3 is 0 Å². The molecule has 1 amide bonds. The van der Waals surface area contributed by atoms with E-state index in [9.17, 15) is 4.79 Å². The number of hydrogen-bond donors (Lipinski definition) is 2. The van der Waals surface area contributed by atoms with Crippen LogP contribution in [-0.4, -0.2) is 44.8 Å². The number of allylic oxidation sites excluding steroid dienone is 1. The van der Waals surface area contributed by atoms with E-state index in [1.165, 1.54) is 5.69 Å². The zero-order valence-electron chi connectivity index (χ0n) is 16.8. The predicted molar refractivity (Wildman–Crippen MR) is 124 cm³/mol. The van der Waals surface area contributed by atoms with E-state index in [2.05, 4.69) is 41.5 Å². The Morgan fingerprint density at radius 3 is 2.66 bits per heavy atom. The van der Waals surface area contributed by atoms with Gasteiger partial charge in [0.1, 0.15) is 0 Å². The van der Waals surface area contributed by atoms with Crippen LogP contribution in [0.5, 0.6) is 0 Å². The number of rotatable bonds is 7. The maximum Gasteiger partial charge on any atom is 0.251 e. The molecule has 1 aliphatic rings. The minimum absolute atomic E-state index is 0. The average molecular weight is 413 g/mol. The van der Waals surface area contributed by atoms with Crippen LogP contribution in [0.25, 0.3) is 6.08 Å². The molecule has 0 radical (unpaired) electrons. The maximum absolute atomic E-state index is 12.1. The molecule has 0 aliphatic carbocycles. The highest BCUT2D eigenvalue weighted by molar-refractivity contribution is 6.14. The van der Waals surface area contributed by atoms with E-state index in [1.807, 2.05) is 36.4 Å². The average Bonchev–Trinajstić information content (AvgIpc) is 2.89. The number of amides is 1. The first kappa shape index (κ1) is 22.7. The summed E-state index contributed by atoms with van der Waals surface area (Å²) in [4.78, 5) is 19.1.